The van der Waals surface area contributed by atoms with Gasteiger partial charge in [0.05, 0.1) is 0 Å². The summed E-state index contributed by atoms with van der Waals surface area (Å²) in [5.41, 5.74) is 3.02. The molecule has 1 aliphatic rings. The zero-order valence-corrected chi connectivity index (χ0v) is 14.1. The van der Waals surface area contributed by atoms with E-state index >= 15 is 0 Å². The van der Waals surface area contributed by atoms with E-state index in [0.29, 0.717) is 5.69 Å². The first-order chi connectivity index (χ1) is 11.2. The van der Waals surface area contributed by atoms with Crippen LogP contribution >= 0.6 is 11.6 Å². The number of hydrogen-bond acceptors (Lipinski definition) is 2. The van der Waals surface area contributed by atoms with Gasteiger partial charge < -0.3 is 9.88 Å². The van der Waals surface area contributed by atoms with Crippen molar-refractivity contribution in [2.24, 2.45) is 0 Å². The van der Waals surface area contributed by atoms with E-state index in [1.165, 1.54) is 5.56 Å². The molecular formula is C18H22ClN3O. The molecule has 1 aliphatic heterocycles. The fourth-order valence-electron chi connectivity index (χ4n) is 2.94. The van der Waals surface area contributed by atoms with Gasteiger partial charge in [-0.25, -0.2) is 0 Å². The van der Waals surface area contributed by atoms with Crippen molar-refractivity contribution in [1.29, 1.82) is 0 Å². The largest absolute Gasteiger partial charge is 0.354 e. The average molecular weight is 332 g/mol. The lowest BCUT2D eigenvalue weighted by Gasteiger charge is -2.34. The summed E-state index contributed by atoms with van der Waals surface area (Å²) in [7, 11) is 0. The second-order valence-corrected chi connectivity index (χ2v) is 6.39. The normalized spacial score (nSPS) is 15.8. The number of aromatic nitrogens is 1. The first-order valence-corrected chi connectivity index (χ1v) is 8.47. The van der Waals surface area contributed by atoms with Crippen LogP contribution in [0.5, 0.6) is 0 Å². The van der Waals surface area contributed by atoms with Crippen LogP contribution in [0.4, 0.5) is 0 Å². The van der Waals surface area contributed by atoms with Crippen molar-refractivity contribution >= 4 is 17.5 Å². The highest BCUT2D eigenvalue weighted by molar-refractivity contribution is 6.30. The smallest absolute Gasteiger partial charge is 0.270 e. The van der Waals surface area contributed by atoms with Gasteiger partial charge in [0.25, 0.3) is 5.91 Å². The first-order valence-electron chi connectivity index (χ1n) is 8.09. The topological polar surface area (TPSA) is 39.3 Å². The molecule has 2 heterocycles. The summed E-state index contributed by atoms with van der Waals surface area (Å²) in [6, 6.07) is 11.8. The van der Waals surface area contributed by atoms with Crippen LogP contribution < -0.4 is 0 Å². The maximum absolute atomic E-state index is 12.5. The minimum Gasteiger partial charge on any atom is -0.354 e. The number of piperazine rings is 1. The third-order valence-corrected chi connectivity index (χ3v) is 4.55. The van der Waals surface area contributed by atoms with Crippen LogP contribution in [0.1, 0.15) is 28.7 Å². The molecule has 1 amide bonds. The van der Waals surface area contributed by atoms with Crippen LogP contribution in [0, 0.1) is 0 Å². The molecule has 0 aliphatic carbocycles. The van der Waals surface area contributed by atoms with Crippen molar-refractivity contribution in [2.45, 2.75) is 19.9 Å². The Hall–Kier alpha value is -1.78. The minimum absolute atomic E-state index is 0.104. The molecule has 1 saturated heterocycles. The Morgan fingerprint density at radius 3 is 2.61 bits per heavy atom. The molecule has 1 fully saturated rings. The minimum atomic E-state index is 0.104. The Morgan fingerprint density at radius 2 is 1.96 bits per heavy atom. The standard InChI is InChI=1S/C18H22ClN3O/c1-2-16-6-7-17(20-16)18(23)22-10-8-21(9-11-22)13-14-4-3-5-15(19)12-14/h3-7,12,20H,2,8-11,13H2,1H3. The third-order valence-electron chi connectivity index (χ3n) is 4.31. The average Bonchev–Trinajstić information content (AvgIpc) is 3.04. The number of hydrogen-bond donors (Lipinski definition) is 1. The molecule has 23 heavy (non-hydrogen) atoms. The second kappa shape index (κ2) is 7.20. The van der Waals surface area contributed by atoms with Gasteiger partial charge in [-0.2, -0.15) is 0 Å². The zero-order chi connectivity index (χ0) is 16.2. The number of halogens is 1. The van der Waals surface area contributed by atoms with Crippen molar-refractivity contribution in [2.75, 3.05) is 26.2 Å². The molecule has 0 radical (unpaired) electrons. The molecule has 0 atom stereocenters. The maximum atomic E-state index is 12.5. The molecule has 4 nitrogen and oxygen atoms in total. The van der Waals surface area contributed by atoms with Crippen molar-refractivity contribution in [1.82, 2.24) is 14.8 Å². The van der Waals surface area contributed by atoms with E-state index in [2.05, 4.69) is 22.9 Å². The van der Waals surface area contributed by atoms with Gasteiger partial charge in [0.1, 0.15) is 5.69 Å². The highest BCUT2D eigenvalue weighted by Crippen LogP contribution is 2.15. The quantitative estimate of drug-likeness (QED) is 0.934. The number of aromatic amines is 1. The van der Waals surface area contributed by atoms with Crippen molar-refractivity contribution < 1.29 is 4.79 Å². The molecule has 3 rings (SSSR count). The number of aryl methyl sites for hydroxylation is 1. The SMILES string of the molecule is CCc1ccc(C(=O)N2CCN(Cc3cccc(Cl)c3)CC2)[nH]1. The number of benzene rings is 1. The Kier molecular flexibility index (Phi) is 5.03. The summed E-state index contributed by atoms with van der Waals surface area (Å²) >= 11 is 6.03. The van der Waals surface area contributed by atoms with Crippen LogP contribution in [0.2, 0.25) is 5.02 Å². The number of rotatable bonds is 4. The van der Waals surface area contributed by atoms with E-state index in [-0.39, 0.29) is 5.91 Å². The van der Waals surface area contributed by atoms with Crippen LogP contribution in [0.3, 0.4) is 0 Å². The fourth-order valence-corrected chi connectivity index (χ4v) is 3.16. The Bertz CT molecular complexity index is 674. The second-order valence-electron chi connectivity index (χ2n) is 5.95. The lowest BCUT2D eigenvalue weighted by Crippen LogP contribution is -2.48. The van der Waals surface area contributed by atoms with E-state index in [9.17, 15) is 4.79 Å². The van der Waals surface area contributed by atoms with Gasteiger partial charge in [-0.3, -0.25) is 9.69 Å². The fraction of sp³-hybridized carbons (Fsp3) is 0.389. The van der Waals surface area contributed by atoms with Crippen molar-refractivity contribution in [3.8, 4) is 0 Å². The third kappa shape index (κ3) is 3.95. The molecule has 1 aromatic carbocycles. The molecule has 2 aromatic rings. The summed E-state index contributed by atoms with van der Waals surface area (Å²) < 4.78 is 0. The van der Waals surface area contributed by atoms with Gasteiger partial charge in [-0.15, -0.1) is 0 Å². The summed E-state index contributed by atoms with van der Waals surface area (Å²) in [6.45, 7) is 6.26. The predicted molar refractivity (Wildman–Crippen MR) is 92.8 cm³/mol. The van der Waals surface area contributed by atoms with Gasteiger partial charge in [-0.1, -0.05) is 30.7 Å². The number of carbonyl (C=O) groups is 1. The summed E-state index contributed by atoms with van der Waals surface area (Å²) in [6.07, 6.45) is 0.917. The van der Waals surface area contributed by atoms with Gasteiger partial charge in [0.15, 0.2) is 0 Å². The molecular weight excluding hydrogens is 310 g/mol. The molecule has 0 unspecified atom stereocenters. The van der Waals surface area contributed by atoms with E-state index in [0.717, 1.165) is 49.9 Å². The van der Waals surface area contributed by atoms with Crippen molar-refractivity contribution in [3.63, 3.8) is 0 Å². The molecule has 5 heteroatoms. The monoisotopic (exact) mass is 331 g/mol. The molecule has 1 aromatic heterocycles. The van der Waals surface area contributed by atoms with Gasteiger partial charge in [0, 0.05) is 43.4 Å². The van der Waals surface area contributed by atoms with E-state index in [1.54, 1.807) is 0 Å². The maximum Gasteiger partial charge on any atom is 0.270 e. The molecule has 122 valence electrons. The molecule has 1 N–H and O–H groups in total. The lowest BCUT2D eigenvalue weighted by molar-refractivity contribution is 0.0623. The van der Waals surface area contributed by atoms with E-state index in [1.807, 2.05) is 35.2 Å². The summed E-state index contributed by atoms with van der Waals surface area (Å²) in [5, 5.41) is 0.773. The highest BCUT2D eigenvalue weighted by Gasteiger charge is 2.22. The number of nitrogens with zero attached hydrogens (tertiary/aromatic N) is 2. The zero-order valence-electron chi connectivity index (χ0n) is 13.4. The van der Waals surface area contributed by atoms with Crippen LogP contribution in [0.25, 0.3) is 0 Å². The van der Waals surface area contributed by atoms with Gasteiger partial charge in [-0.05, 0) is 36.2 Å². The Morgan fingerprint density at radius 1 is 1.17 bits per heavy atom. The number of amides is 1. The number of carbonyl (C=O) groups excluding carboxylic acids is 1. The van der Waals surface area contributed by atoms with Gasteiger partial charge in [0.2, 0.25) is 0 Å². The summed E-state index contributed by atoms with van der Waals surface area (Å²) in [5.74, 6) is 0.104. The van der Waals surface area contributed by atoms with Crippen molar-refractivity contribution in [3.05, 3.63) is 58.4 Å². The predicted octanol–water partition coefficient (Wildman–Crippen LogP) is 3.19. The Balaban J connectivity index is 1.54. The van der Waals surface area contributed by atoms with Gasteiger partial charge >= 0.3 is 0 Å². The van der Waals surface area contributed by atoms with Crippen LogP contribution in [-0.4, -0.2) is 46.9 Å². The lowest BCUT2D eigenvalue weighted by atomic mass is 10.2. The van der Waals surface area contributed by atoms with E-state index < -0.39 is 0 Å². The number of H-pyrrole nitrogens is 1. The Labute approximate surface area is 142 Å². The van der Waals surface area contributed by atoms with Crippen LogP contribution in [0.15, 0.2) is 36.4 Å². The molecule has 0 spiro atoms. The summed E-state index contributed by atoms with van der Waals surface area (Å²) in [4.78, 5) is 20.0. The van der Waals surface area contributed by atoms with Crippen LogP contribution in [-0.2, 0) is 13.0 Å². The molecule has 0 saturated carbocycles. The van der Waals surface area contributed by atoms with E-state index in [4.69, 9.17) is 11.6 Å². The number of nitrogens with one attached hydrogen (secondary N) is 1. The first kappa shape index (κ1) is 16.1. The molecule has 0 bridgehead atoms. The highest BCUT2D eigenvalue weighted by atomic mass is 35.5.